The summed E-state index contributed by atoms with van der Waals surface area (Å²) in [5.41, 5.74) is 5.47. The average Bonchev–Trinajstić information content (AvgIpc) is 2.96. The van der Waals surface area contributed by atoms with Gasteiger partial charge in [-0.1, -0.05) is 107 Å². The molecule has 3 aromatic carbocycles. The van der Waals surface area contributed by atoms with Gasteiger partial charge in [-0.05, 0) is 66.5 Å². The van der Waals surface area contributed by atoms with Crippen LogP contribution in [0.15, 0.2) is 72.8 Å². The van der Waals surface area contributed by atoms with Gasteiger partial charge in [0, 0.05) is 24.4 Å². The third-order valence-corrected chi connectivity index (χ3v) is 8.79. The summed E-state index contributed by atoms with van der Waals surface area (Å²) in [6.07, 6.45) is 7.42. The fraction of sp³-hybridized carbons (Fsp3) is 0.514. The summed E-state index contributed by atoms with van der Waals surface area (Å²) >= 11 is 0. The van der Waals surface area contributed by atoms with Gasteiger partial charge in [0.15, 0.2) is 0 Å². The fourth-order valence-electron chi connectivity index (χ4n) is 6.23. The van der Waals surface area contributed by atoms with E-state index in [1.807, 2.05) is 0 Å². The van der Waals surface area contributed by atoms with Gasteiger partial charge in [-0.3, -0.25) is 0 Å². The van der Waals surface area contributed by atoms with Crippen LogP contribution in [0, 0.1) is 5.92 Å². The van der Waals surface area contributed by atoms with Gasteiger partial charge in [-0.15, -0.1) is 0 Å². The minimum Gasteiger partial charge on any atom is -0.485 e. The highest BCUT2D eigenvalue weighted by Gasteiger charge is 2.45. The van der Waals surface area contributed by atoms with Crippen molar-refractivity contribution in [1.29, 1.82) is 0 Å². The monoisotopic (exact) mass is 555 g/mol. The molecule has 3 aromatic rings. The first-order valence-corrected chi connectivity index (χ1v) is 15.6. The van der Waals surface area contributed by atoms with Gasteiger partial charge in [0.2, 0.25) is 0 Å². The third kappa shape index (κ3) is 7.72. The van der Waals surface area contributed by atoms with Crippen LogP contribution in [0.4, 0.5) is 5.69 Å². The molecule has 2 atom stereocenters. The van der Waals surface area contributed by atoms with E-state index in [1.54, 1.807) is 0 Å². The van der Waals surface area contributed by atoms with E-state index in [9.17, 15) is 0 Å². The number of hydrogen-bond donors (Lipinski definition) is 1. The van der Waals surface area contributed by atoms with Crippen molar-refractivity contribution in [2.75, 3.05) is 11.9 Å². The predicted octanol–water partition coefficient (Wildman–Crippen LogP) is 9.38. The normalized spacial score (nSPS) is 20.7. The van der Waals surface area contributed by atoms with E-state index in [0.717, 1.165) is 42.5 Å². The maximum atomic E-state index is 6.80. The van der Waals surface area contributed by atoms with E-state index in [1.165, 1.54) is 48.8 Å². The zero-order valence-corrected chi connectivity index (χ0v) is 25.7. The number of hydrogen-bond acceptors (Lipinski definition) is 4. The largest absolute Gasteiger partial charge is 0.485 e. The molecule has 0 saturated heterocycles. The molecule has 0 bridgehead atoms. The molecule has 1 saturated carbocycles. The maximum Gasteiger partial charge on any atom is 0.132 e. The molecule has 220 valence electrons. The standard InChI is InChI=1S/C37H49NO3/c1-36(2,3)30-18-16-29(17-19-30)26-40-35-34(39-23-22-27-12-8-6-9-13-27)32-24-31(20-21-33(32)41-37(35,4)5)38-25-28-14-10-7-11-15-28/h7,10-11,14-21,24,27,34-35,38H,6,8-9,12-13,22-23,25-26H2,1-5H3. The van der Waals surface area contributed by atoms with Crippen molar-refractivity contribution in [3.63, 3.8) is 0 Å². The summed E-state index contributed by atoms with van der Waals surface area (Å²) in [6.45, 7) is 13.0. The lowest BCUT2D eigenvalue weighted by Crippen LogP contribution is -2.51. The summed E-state index contributed by atoms with van der Waals surface area (Å²) < 4.78 is 20.1. The Hall–Kier alpha value is -2.82. The second kappa shape index (κ2) is 13.0. The minimum atomic E-state index is -0.535. The molecule has 1 fully saturated rings. The summed E-state index contributed by atoms with van der Waals surface area (Å²) in [5, 5.41) is 3.60. The number of nitrogens with one attached hydrogen (secondary N) is 1. The van der Waals surface area contributed by atoms with Crippen LogP contribution in [-0.4, -0.2) is 18.3 Å². The summed E-state index contributed by atoms with van der Waals surface area (Å²) in [4.78, 5) is 0. The van der Waals surface area contributed by atoms with Crippen LogP contribution in [0.3, 0.4) is 0 Å². The topological polar surface area (TPSA) is 39.7 Å². The molecule has 41 heavy (non-hydrogen) atoms. The number of ether oxygens (including phenoxy) is 3. The van der Waals surface area contributed by atoms with Crippen LogP contribution in [-0.2, 0) is 28.0 Å². The minimum absolute atomic E-state index is 0.131. The molecule has 1 N–H and O–H groups in total. The highest BCUT2D eigenvalue weighted by Crippen LogP contribution is 2.45. The molecule has 5 rings (SSSR count). The highest BCUT2D eigenvalue weighted by molar-refractivity contribution is 5.54. The maximum absolute atomic E-state index is 6.80. The van der Waals surface area contributed by atoms with Gasteiger partial charge >= 0.3 is 0 Å². The van der Waals surface area contributed by atoms with Crippen LogP contribution < -0.4 is 10.1 Å². The molecular formula is C37H49NO3. The Labute approximate surface area is 247 Å². The third-order valence-electron chi connectivity index (χ3n) is 8.79. The lowest BCUT2D eigenvalue weighted by atomic mass is 9.86. The summed E-state index contributed by atoms with van der Waals surface area (Å²) in [5.74, 6) is 1.66. The zero-order valence-electron chi connectivity index (χ0n) is 25.7. The Morgan fingerprint density at radius 2 is 1.59 bits per heavy atom. The van der Waals surface area contributed by atoms with Gasteiger partial charge in [0.05, 0.1) is 6.61 Å². The van der Waals surface area contributed by atoms with E-state index in [4.69, 9.17) is 14.2 Å². The Morgan fingerprint density at radius 1 is 0.854 bits per heavy atom. The molecule has 0 amide bonds. The average molecular weight is 556 g/mol. The molecule has 0 aromatic heterocycles. The van der Waals surface area contributed by atoms with Crippen LogP contribution in [0.1, 0.15) is 102 Å². The first kappa shape index (κ1) is 29.7. The van der Waals surface area contributed by atoms with Gasteiger partial charge in [-0.2, -0.15) is 0 Å². The Kier molecular flexibility index (Phi) is 9.41. The van der Waals surface area contributed by atoms with Crippen molar-refractivity contribution in [2.45, 2.75) is 110 Å². The number of benzene rings is 3. The number of anilines is 1. The van der Waals surface area contributed by atoms with Crippen molar-refractivity contribution >= 4 is 5.69 Å². The van der Waals surface area contributed by atoms with E-state index < -0.39 is 5.60 Å². The Bertz CT molecular complexity index is 1240. The molecule has 2 aliphatic rings. The molecule has 2 unspecified atom stereocenters. The van der Waals surface area contributed by atoms with E-state index in [-0.39, 0.29) is 17.6 Å². The summed E-state index contributed by atoms with van der Waals surface area (Å²) in [7, 11) is 0. The van der Waals surface area contributed by atoms with Crippen LogP contribution >= 0.6 is 0 Å². The van der Waals surface area contributed by atoms with Crippen molar-refractivity contribution in [1.82, 2.24) is 0 Å². The van der Waals surface area contributed by atoms with E-state index >= 15 is 0 Å². The van der Waals surface area contributed by atoms with Crippen molar-refractivity contribution in [3.05, 3.63) is 95.1 Å². The molecular weight excluding hydrogens is 506 g/mol. The van der Waals surface area contributed by atoms with Crippen LogP contribution in [0.2, 0.25) is 0 Å². The predicted molar refractivity (Wildman–Crippen MR) is 169 cm³/mol. The van der Waals surface area contributed by atoms with Gasteiger partial charge in [-0.25, -0.2) is 0 Å². The Morgan fingerprint density at radius 3 is 2.29 bits per heavy atom. The smallest absolute Gasteiger partial charge is 0.132 e. The second-order valence-corrected chi connectivity index (χ2v) is 13.6. The number of fused-ring (bicyclic) bond motifs is 1. The lowest BCUT2D eigenvalue weighted by Gasteiger charge is -2.44. The molecule has 0 radical (unpaired) electrons. The van der Waals surface area contributed by atoms with Gasteiger partial charge < -0.3 is 19.5 Å². The van der Waals surface area contributed by atoms with Crippen LogP contribution in [0.5, 0.6) is 5.75 Å². The lowest BCUT2D eigenvalue weighted by molar-refractivity contribution is -0.168. The first-order chi connectivity index (χ1) is 19.7. The zero-order chi connectivity index (χ0) is 28.9. The molecule has 1 aliphatic carbocycles. The summed E-state index contributed by atoms with van der Waals surface area (Å²) in [6, 6.07) is 25.7. The van der Waals surface area contributed by atoms with Crippen LogP contribution in [0.25, 0.3) is 0 Å². The molecule has 4 nitrogen and oxygen atoms in total. The fourth-order valence-corrected chi connectivity index (χ4v) is 6.23. The first-order valence-electron chi connectivity index (χ1n) is 15.6. The molecule has 1 aliphatic heterocycles. The van der Waals surface area contributed by atoms with Crippen molar-refractivity contribution in [3.8, 4) is 5.75 Å². The molecule has 4 heteroatoms. The number of rotatable bonds is 10. The Balaban J connectivity index is 1.35. The SMILES string of the molecule is CC(C)(C)c1ccc(COC2C(OCCC3CCCCC3)c3cc(NCc4ccccc4)ccc3OC2(C)C)cc1. The van der Waals surface area contributed by atoms with Gasteiger partial charge in [0.1, 0.15) is 23.6 Å². The van der Waals surface area contributed by atoms with Gasteiger partial charge in [0.25, 0.3) is 0 Å². The molecule has 1 heterocycles. The van der Waals surface area contributed by atoms with E-state index in [2.05, 4.69) is 113 Å². The van der Waals surface area contributed by atoms with Crippen molar-refractivity contribution in [2.24, 2.45) is 5.92 Å². The highest BCUT2D eigenvalue weighted by atomic mass is 16.6. The van der Waals surface area contributed by atoms with Crippen molar-refractivity contribution < 1.29 is 14.2 Å². The molecule has 0 spiro atoms. The second-order valence-electron chi connectivity index (χ2n) is 13.6. The quantitative estimate of drug-likeness (QED) is 0.270. The van der Waals surface area contributed by atoms with E-state index in [0.29, 0.717) is 6.61 Å².